The van der Waals surface area contributed by atoms with Crippen LogP contribution >= 0.6 is 0 Å². The molecule has 0 heterocycles. The molecule has 5 heteroatoms. The van der Waals surface area contributed by atoms with Crippen molar-refractivity contribution in [3.05, 3.63) is 0 Å². The molecule has 0 atom stereocenters. The maximum Gasteiger partial charge on any atom is 0.599 e. The van der Waals surface area contributed by atoms with Crippen LogP contribution in [0.15, 0.2) is 0 Å². The molecular formula is C13H27NO3Si. The Kier molecular flexibility index (Phi) is 5.21. The lowest BCUT2D eigenvalue weighted by Crippen LogP contribution is -2.65. The second-order valence-corrected chi connectivity index (χ2v) is 8.21. The molecule has 18 heavy (non-hydrogen) atoms. The summed E-state index contributed by atoms with van der Waals surface area (Å²) in [7, 11) is 2.55. The van der Waals surface area contributed by atoms with Crippen LogP contribution in [0.3, 0.4) is 0 Å². The van der Waals surface area contributed by atoms with Crippen molar-refractivity contribution < 1.29 is 13.3 Å². The molecule has 0 amide bonds. The summed E-state index contributed by atoms with van der Waals surface area (Å²) in [5.74, 6) is 0. The smallest absolute Gasteiger partial charge is 0.364 e. The predicted octanol–water partition coefficient (Wildman–Crippen LogP) is 2.55. The maximum absolute atomic E-state index is 5.74. The van der Waals surface area contributed by atoms with Gasteiger partial charge in [0.15, 0.2) is 0 Å². The predicted molar refractivity (Wildman–Crippen MR) is 73.1 cm³/mol. The van der Waals surface area contributed by atoms with Gasteiger partial charge in [-0.3, -0.25) is 4.57 Å². The molecular weight excluding hydrogens is 246 g/mol. The first-order chi connectivity index (χ1) is 8.77. The number of nitrogens with zero attached hydrogens (tertiary/aromatic N) is 1. The van der Waals surface area contributed by atoms with Crippen molar-refractivity contribution in [2.45, 2.75) is 63.5 Å². The largest absolute Gasteiger partial charge is 0.599 e. The quantitative estimate of drug-likeness (QED) is 0.696. The average molecular weight is 273 g/mol. The summed E-state index contributed by atoms with van der Waals surface area (Å²) in [6.45, 7) is 0. The van der Waals surface area contributed by atoms with E-state index in [-0.39, 0.29) is 0 Å². The summed E-state index contributed by atoms with van der Waals surface area (Å²) in [5.41, 5.74) is 0. The molecule has 0 aromatic rings. The molecule has 2 aliphatic carbocycles. The maximum atomic E-state index is 5.74. The Bertz CT molecular complexity index is 224. The lowest BCUT2D eigenvalue weighted by atomic mass is 10.2. The molecule has 2 saturated carbocycles. The Morgan fingerprint density at radius 3 is 1.33 bits per heavy atom. The highest BCUT2D eigenvalue weighted by Crippen LogP contribution is 2.35. The molecule has 2 fully saturated rings. The first kappa shape index (κ1) is 14.5. The Morgan fingerprint density at radius 2 is 1.06 bits per heavy atom. The van der Waals surface area contributed by atoms with Crippen LogP contribution in [0.2, 0.25) is 0 Å². The minimum Gasteiger partial charge on any atom is -0.364 e. The zero-order chi connectivity index (χ0) is 13.0. The fourth-order valence-electron chi connectivity index (χ4n) is 3.68. The van der Waals surface area contributed by atoms with Crippen LogP contribution in [-0.2, 0) is 13.3 Å². The van der Waals surface area contributed by atoms with E-state index in [0.717, 1.165) is 0 Å². The molecule has 0 unspecified atom stereocenters. The van der Waals surface area contributed by atoms with E-state index in [9.17, 15) is 0 Å². The SMILES string of the molecule is CO[Si](OC)(OC)N(C1CCCC1)C1CCCC1. The third-order valence-electron chi connectivity index (χ3n) is 4.53. The topological polar surface area (TPSA) is 30.9 Å². The summed E-state index contributed by atoms with van der Waals surface area (Å²) in [6, 6.07) is 1.19. The van der Waals surface area contributed by atoms with Gasteiger partial charge in [0.05, 0.1) is 0 Å². The Hall–Kier alpha value is 0.0569. The summed E-state index contributed by atoms with van der Waals surface area (Å²) < 4.78 is 19.7. The number of hydrogen-bond donors (Lipinski definition) is 0. The van der Waals surface area contributed by atoms with Gasteiger partial charge in [0, 0.05) is 33.4 Å². The summed E-state index contributed by atoms with van der Waals surface area (Å²) >= 11 is 0. The molecule has 0 bridgehead atoms. The molecule has 2 aliphatic rings. The minimum atomic E-state index is -2.64. The van der Waals surface area contributed by atoms with Crippen LogP contribution in [0.1, 0.15) is 51.4 Å². The fraction of sp³-hybridized carbons (Fsp3) is 1.00. The fourth-order valence-corrected chi connectivity index (χ4v) is 6.22. The van der Waals surface area contributed by atoms with Crippen LogP contribution in [0, 0.1) is 0 Å². The lowest BCUT2D eigenvalue weighted by molar-refractivity contribution is 0.0241. The van der Waals surface area contributed by atoms with Gasteiger partial charge in [-0.05, 0) is 25.7 Å². The summed E-state index contributed by atoms with van der Waals surface area (Å²) in [5, 5.41) is 0. The van der Waals surface area contributed by atoms with E-state index in [2.05, 4.69) is 4.57 Å². The Morgan fingerprint density at radius 1 is 0.722 bits per heavy atom. The second kappa shape index (κ2) is 6.48. The van der Waals surface area contributed by atoms with E-state index >= 15 is 0 Å². The zero-order valence-electron chi connectivity index (χ0n) is 12.0. The van der Waals surface area contributed by atoms with Crippen LogP contribution < -0.4 is 0 Å². The van der Waals surface area contributed by atoms with E-state index in [1.54, 1.807) is 21.3 Å². The van der Waals surface area contributed by atoms with Crippen molar-refractivity contribution in [3.8, 4) is 0 Å². The van der Waals surface area contributed by atoms with Crippen molar-refractivity contribution in [1.82, 2.24) is 4.57 Å². The van der Waals surface area contributed by atoms with Crippen LogP contribution in [-0.4, -0.2) is 46.9 Å². The van der Waals surface area contributed by atoms with Gasteiger partial charge >= 0.3 is 8.97 Å². The van der Waals surface area contributed by atoms with Gasteiger partial charge in [-0.25, -0.2) is 0 Å². The second-order valence-electron chi connectivity index (χ2n) is 5.42. The van der Waals surface area contributed by atoms with Gasteiger partial charge in [0.2, 0.25) is 0 Å². The standard InChI is InChI=1S/C13H27NO3Si/c1-15-18(16-2,17-3)14(12-8-4-5-9-12)13-10-6-7-11-13/h12-13H,4-11H2,1-3H3. The summed E-state index contributed by atoms with van der Waals surface area (Å²) in [6.07, 6.45) is 10.4. The summed E-state index contributed by atoms with van der Waals surface area (Å²) in [4.78, 5) is 0. The molecule has 0 saturated heterocycles. The first-order valence-electron chi connectivity index (χ1n) is 7.21. The highest BCUT2D eigenvalue weighted by Gasteiger charge is 2.53. The van der Waals surface area contributed by atoms with Gasteiger partial charge in [-0.2, -0.15) is 0 Å². The van der Waals surface area contributed by atoms with Gasteiger partial charge in [-0.15, -0.1) is 0 Å². The normalized spacial score (nSPS) is 23.3. The molecule has 4 nitrogen and oxygen atoms in total. The molecule has 0 aliphatic heterocycles. The van der Waals surface area contributed by atoms with Crippen LogP contribution in [0.25, 0.3) is 0 Å². The van der Waals surface area contributed by atoms with Gasteiger partial charge < -0.3 is 13.3 Å². The average Bonchev–Trinajstić information content (AvgIpc) is 3.09. The molecule has 0 radical (unpaired) electrons. The van der Waals surface area contributed by atoms with Gasteiger partial charge in [-0.1, -0.05) is 25.7 Å². The zero-order valence-corrected chi connectivity index (χ0v) is 13.0. The highest BCUT2D eigenvalue weighted by atomic mass is 28.4. The third-order valence-corrected chi connectivity index (χ3v) is 7.44. The van der Waals surface area contributed by atoms with E-state index in [4.69, 9.17) is 13.3 Å². The molecule has 2 rings (SSSR count). The molecule has 0 aromatic heterocycles. The molecule has 0 aromatic carbocycles. The van der Waals surface area contributed by atoms with Crippen molar-refractivity contribution in [3.63, 3.8) is 0 Å². The van der Waals surface area contributed by atoms with Crippen LogP contribution in [0.4, 0.5) is 0 Å². The minimum absolute atomic E-state index is 0.597. The Labute approximate surface area is 112 Å². The van der Waals surface area contributed by atoms with E-state index in [1.807, 2.05) is 0 Å². The van der Waals surface area contributed by atoms with Crippen LogP contribution in [0.5, 0.6) is 0 Å². The van der Waals surface area contributed by atoms with Gasteiger partial charge in [0.25, 0.3) is 0 Å². The first-order valence-corrected chi connectivity index (χ1v) is 8.88. The van der Waals surface area contributed by atoms with Crippen molar-refractivity contribution in [1.29, 1.82) is 0 Å². The van der Waals surface area contributed by atoms with E-state index in [1.165, 1.54) is 51.4 Å². The molecule has 106 valence electrons. The monoisotopic (exact) mass is 273 g/mol. The number of rotatable bonds is 6. The van der Waals surface area contributed by atoms with Crippen molar-refractivity contribution >= 4 is 8.97 Å². The lowest BCUT2D eigenvalue weighted by Gasteiger charge is -2.42. The van der Waals surface area contributed by atoms with Gasteiger partial charge in [0.1, 0.15) is 0 Å². The molecule has 0 spiro atoms. The third kappa shape index (κ3) is 2.65. The molecule has 0 N–H and O–H groups in total. The number of hydrogen-bond acceptors (Lipinski definition) is 4. The van der Waals surface area contributed by atoms with Crippen molar-refractivity contribution in [2.24, 2.45) is 0 Å². The Balaban J connectivity index is 2.20. The van der Waals surface area contributed by atoms with E-state index in [0.29, 0.717) is 12.1 Å². The highest BCUT2D eigenvalue weighted by molar-refractivity contribution is 6.57. The van der Waals surface area contributed by atoms with Crippen molar-refractivity contribution in [2.75, 3.05) is 21.3 Å². The van der Waals surface area contributed by atoms with E-state index < -0.39 is 8.97 Å².